The number of nitrogens with one attached hydrogen (secondary N) is 3. The van der Waals surface area contributed by atoms with Crippen LogP contribution in [-0.2, 0) is 23.0 Å². The zero-order valence-electron chi connectivity index (χ0n) is 11.5. The van der Waals surface area contributed by atoms with Crippen molar-refractivity contribution in [2.45, 2.75) is 43.8 Å². The lowest BCUT2D eigenvalue weighted by molar-refractivity contribution is 0.593. The SMILES string of the molecule is CCc1nnc(NS(=O)(=O)c2[nH]ncc2CNC2CC2)s1. The number of anilines is 1. The van der Waals surface area contributed by atoms with Gasteiger partial charge in [0.25, 0.3) is 10.0 Å². The minimum Gasteiger partial charge on any atom is -0.310 e. The molecule has 2 aromatic heterocycles. The van der Waals surface area contributed by atoms with Crippen LogP contribution < -0.4 is 10.0 Å². The molecule has 0 unspecified atom stereocenters. The maximum Gasteiger partial charge on any atom is 0.280 e. The van der Waals surface area contributed by atoms with Gasteiger partial charge in [0.1, 0.15) is 5.01 Å². The number of aromatic amines is 1. The quantitative estimate of drug-likeness (QED) is 0.695. The summed E-state index contributed by atoms with van der Waals surface area (Å²) in [7, 11) is -3.72. The predicted molar refractivity (Wildman–Crippen MR) is 78.5 cm³/mol. The number of rotatable bonds is 7. The van der Waals surface area contributed by atoms with E-state index in [-0.39, 0.29) is 10.2 Å². The van der Waals surface area contributed by atoms with Crippen molar-refractivity contribution in [1.29, 1.82) is 0 Å². The molecule has 2 aromatic rings. The summed E-state index contributed by atoms with van der Waals surface area (Å²) < 4.78 is 27.2. The van der Waals surface area contributed by atoms with Gasteiger partial charge in [-0.3, -0.25) is 9.82 Å². The lowest BCUT2D eigenvalue weighted by atomic mass is 10.3. The highest BCUT2D eigenvalue weighted by Gasteiger charge is 2.25. The van der Waals surface area contributed by atoms with Crippen molar-refractivity contribution >= 4 is 26.5 Å². The Bertz CT molecular complexity index is 719. The van der Waals surface area contributed by atoms with Gasteiger partial charge in [0.15, 0.2) is 5.03 Å². The van der Waals surface area contributed by atoms with E-state index in [2.05, 4.69) is 30.4 Å². The second-order valence-corrected chi connectivity index (χ2v) is 7.52. The molecule has 1 aliphatic carbocycles. The summed E-state index contributed by atoms with van der Waals surface area (Å²) in [4.78, 5) is 0. The molecule has 0 amide bonds. The summed E-state index contributed by atoms with van der Waals surface area (Å²) in [5.74, 6) is 0. The van der Waals surface area contributed by atoms with Gasteiger partial charge in [0.2, 0.25) is 5.13 Å². The van der Waals surface area contributed by atoms with Crippen LogP contribution in [0.4, 0.5) is 5.13 Å². The number of sulfonamides is 1. The highest BCUT2D eigenvalue weighted by molar-refractivity contribution is 7.92. The average molecular weight is 328 g/mol. The van der Waals surface area contributed by atoms with Gasteiger partial charge in [0.05, 0.1) is 6.20 Å². The molecule has 0 radical (unpaired) electrons. The smallest absolute Gasteiger partial charge is 0.280 e. The minimum atomic E-state index is -3.72. The fourth-order valence-corrected chi connectivity index (χ4v) is 3.85. The molecule has 0 saturated heterocycles. The molecule has 3 rings (SSSR count). The lowest BCUT2D eigenvalue weighted by Crippen LogP contribution is -2.19. The zero-order valence-corrected chi connectivity index (χ0v) is 13.1. The van der Waals surface area contributed by atoms with Gasteiger partial charge in [-0.2, -0.15) is 13.5 Å². The first-order chi connectivity index (χ1) is 10.1. The molecule has 0 spiro atoms. The second-order valence-electron chi connectivity index (χ2n) is 4.84. The maximum atomic E-state index is 12.4. The van der Waals surface area contributed by atoms with Gasteiger partial charge in [-0.15, -0.1) is 10.2 Å². The number of aryl methyl sites for hydroxylation is 1. The van der Waals surface area contributed by atoms with Crippen molar-refractivity contribution in [3.8, 4) is 0 Å². The first-order valence-electron chi connectivity index (χ1n) is 6.69. The summed E-state index contributed by atoms with van der Waals surface area (Å²) in [6.07, 6.45) is 4.53. The number of H-pyrrole nitrogens is 1. The van der Waals surface area contributed by atoms with E-state index in [4.69, 9.17) is 0 Å². The van der Waals surface area contributed by atoms with Crippen molar-refractivity contribution in [1.82, 2.24) is 25.7 Å². The van der Waals surface area contributed by atoms with E-state index in [0.29, 0.717) is 18.2 Å². The molecule has 1 fully saturated rings. The highest BCUT2D eigenvalue weighted by Crippen LogP contribution is 2.23. The number of nitrogens with zero attached hydrogens (tertiary/aromatic N) is 3. The number of hydrogen-bond donors (Lipinski definition) is 3. The van der Waals surface area contributed by atoms with Crippen LogP contribution in [0, 0.1) is 0 Å². The van der Waals surface area contributed by atoms with Crippen LogP contribution in [0.1, 0.15) is 30.3 Å². The van der Waals surface area contributed by atoms with Crippen LogP contribution in [0.3, 0.4) is 0 Å². The fraction of sp³-hybridized carbons (Fsp3) is 0.545. The third-order valence-electron chi connectivity index (χ3n) is 3.10. The lowest BCUT2D eigenvalue weighted by Gasteiger charge is -2.06. The van der Waals surface area contributed by atoms with Crippen LogP contribution >= 0.6 is 11.3 Å². The molecule has 21 heavy (non-hydrogen) atoms. The van der Waals surface area contributed by atoms with Crippen LogP contribution in [0.25, 0.3) is 0 Å². The van der Waals surface area contributed by atoms with Crippen LogP contribution in [-0.4, -0.2) is 34.9 Å². The molecule has 3 N–H and O–H groups in total. The molecular weight excluding hydrogens is 312 g/mol. The zero-order chi connectivity index (χ0) is 14.9. The molecule has 10 heteroatoms. The van der Waals surface area contributed by atoms with E-state index in [9.17, 15) is 8.42 Å². The van der Waals surface area contributed by atoms with Crippen molar-refractivity contribution < 1.29 is 8.42 Å². The molecular formula is C11H16N6O2S2. The molecule has 0 bridgehead atoms. The van der Waals surface area contributed by atoms with Crippen LogP contribution in [0.2, 0.25) is 0 Å². The number of hydrogen-bond acceptors (Lipinski definition) is 7. The van der Waals surface area contributed by atoms with Gasteiger partial charge in [-0.25, -0.2) is 0 Å². The van der Waals surface area contributed by atoms with E-state index >= 15 is 0 Å². The highest BCUT2D eigenvalue weighted by atomic mass is 32.2. The Kier molecular flexibility index (Phi) is 3.91. The average Bonchev–Trinajstić information content (AvgIpc) is 2.98. The first-order valence-corrected chi connectivity index (χ1v) is 8.99. The Morgan fingerprint density at radius 2 is 2.24 bits per heavy atom. The second kappa shape index (κ2) is 5.70. The van der Waals surface area contributed by atoms with Gasteiger partial charge in [-0.1, -0.05) is 18.3 Å². The molecule has 0 aliphatic heterocycles. The molecule has 0 atom stereocenters. The summed E-state index contributed by atoms with van der Waals surface area (Å²) in [5.41, 5.74) is 0.620. The van der Waals surface area contributed by atoms with Crippen molar-refractivity contribution in [2.75, 3.05) is 4.72 Å². The summed E-state index contributed by atoms with van der Waals surface area (Å²) in [6.45, 7) is 2.42. The molecule has 1 aliphatic rings. The molecule has 0 aromatic carbocycles. The van der Waals surface area contributed by atoms with Crippen molar-refractivity contribution in [3.63, 3.8) is 0 Å². The van der Waals surface area contributed by atoms with E-state index in [1.165, 1.54) is 17.5 Å². The third-order valence-corrected chi connectivity index (χ3v) is 5.56. The standard InChI is InChI=1S/C11H16N6O2S2/c1-2-9-14-16-11(20-9)17-21(18,19)10-7(6-13-15-10)5-12-8-3-4-8/h6,8,12H,2-5H2,1H3,(H,13,15)(H,16,17). The summed E-state index contributed by atoms with van der Waals surface area (Å²) in [5, 5.41) is 18.5. The van der Waals surface area contributed by atoms with Crippen LogP contribution in [0.5, 0.6) is 0 Å². The van der Waals surface area contributed by atoms with Gasteiger partial charge in [0, 0.05) is 18.2 Å². The number of aromatic nitrogens is 4. The maximum absolute atomic E-state index is 12.4. The monoisotopic (exact) mass is 328 g/mol. The molecule has 2 heterocycles. The molecule has 1 saturated carbocycles. The van der Waals surface area contributed by atoms with E-state index in [1.807, 2.05) is 6.92 Å². The van der Waals surface area contributed by atoms with Gasteiger partial charge >= 0.3 is 0 Å². The fourth-order valence-electron chi connectivity index (χ4n) is 1.80. The minimum absolute atomic E-state index is 0.0731. The van der Waals surface area contributed by atoms with Gasteiger partial charge < -0.3 is 5.32 Å². The van der Waals surface area contributed by atoms with E-state index in [1.54, 1.807) is 0 Å². The summed E-state index contributed by atoms with van der Waals surface area (Å²) in [6, 6.07) is 0.499. The normalized spacial score (nSPS) is 15.3. The Morgan fingerprint density at radius 3 is 2.90 bits per heavy atom. The Morgan fingerprint density at radius 1 is 1.43 bits per heavy atom. The van der Waals surface area contributed by atoms with Crippen molar-refractivity contribution in [2.24, 2.45) is 0 Å². The summed E-state index contributed by atoms with van der Waals surface area (Å²) >= 11 is 1.23. The van der Waals surface area contributed by atoms with Gasteiger partial charge in [-0.05, 0) is 19.3 Å². The van der Waals surface area contributed by atoms with Crippen LogP contribution in [0.15, 0.2) is 11.2 Å². The molecule has 8 nitrogen and oxygen atoms in total. The Hall–Kier alpha value is -1.52. The largest absolute Gasteiger partial charge is 0.310 e. The third kappa shape index (κ3) is 3.39. The Labute approximate surface area is 126 Å². The van der Waals surface area contributed by atoms with E-state index in [0.717, 1.165) is 24.3 Å². The predicted octanol–water partition coefficient (Wildman–Crippen LogP) is 0.876. The molecule has 114 valence electrons. The van der Waals surface area contributed by atoms with E-state index < -0.39 is 10.0 Å². The first kappa shape index (κ1) is 14.4. The van der Waals surface area contributed by atoms with Crippen molar-refractivity contribution in [3.05, 3.63) is 16.8 Å². The topological polar surface area (TPSA) is 113 Å². The Balaban J connectivity index is 1.75.